The Bertz CT molecular complexity index is 1010. The summed E-state index contributed by atoms with van der Waals surface area (Å²) in [5, 5.41) is 18.4. The lowest BCUT2D eigenvalue weighted by atomic mass is 10.1. The number of aliphatic hydroxyl groups excluding tert-OH is 1. The van der Waals surface area contributed by atoms with Crippen LogP contribution >= 0.6 is 7.82 Å². The van der Waals surface area contributed by atoms with Crippen LogP contribution in [0.25, 0.3) is 0 Å². The fraction of sp³-hybridized carbons (Fsp3) is 0.816. The molecule has 0 aromatic rings. The average molecular weight is 749 g/mol. The molecule has 0 radical (unpaired) electrons. The lowest BCUT2D eigenvalue weighted by molar-refractivity contribution is -0.870. The second kappa shape index (κ2) is 31.4. The molecular weight excluding hydrogens is 677 g/mol. The Morgan fingerprint density at radius 1 is 0.725 bits per heavy atom. The van der Waals surface area contributed by atoms with Gasteiger partial charge in [0.05, 0.1) is 33.9 Å². The van der Waals surface area contributed by atoms with Gasteiger partial charge in [0.25, 0.3) is 0 Å². The van der Waals surface area contributed by atoms with Crippen LogP contribution in [0.4, 0.5) is 0 Å². The van der Waals surface area contributed by atoms with Crippen molar-refractivity contribution in [2.24, 2.45) is 0 Å². The minimum Gasteiger partial charge on any atom is -0.478 e. The van der Waals surface area contributed by atoms with Crippen LogP contribution in [0.1, 0.15) is 142 Å². The number of carbonyl (C=O) groups is 3. The molecule has 3 N–H and O–H groups in total. The van der Waals surface area contributed by atoms with Gasteiger partial charge in [0.15, 0.2) is 6.10 Å². The van der Waals surface area contributed by atoms with Crippen molar-refractivity contribution < 1.29 is 57.1 Å². The first kappa shape index (κ1) is 48.9. The lowest BCUT2D eigenvalue weighted by Gasteiger charge is -2.24. The Hall–Kier alpha value is -2.08. The van der Waals surface area contributed by atoms with E-state index in [-0.39, 0.29) is 26.1 Å². The van der Waals surface area contributed by atoms with Gasteiger partial charge in [-0.25, -0.2) is 9.36 Å². The number of hydrogen-bond donors (Lipinski definition) is 3. The van der Waals surface area contributed by atoms with Gasteiger partial charge in [-0.1, -0.05) is 96.1 Å². The van der Waals surface area contributed by atoms with E-state index >= 15 is 0 Å². The molecule has 0 aliphatic heterocycles. The number of esters is 2. The third kappa shape index (κ3) is 36.1. The Labute approximate surface area is 308 Å². The van der Waals surface area contributed by atoms with E-state index in [1.54, 1.807) is 0 Å². The third-order valence-electron chi connectivity index (χ3n) is 8.15. The van der Waals surface area contributed by atoms with Crippen LogP contribution in [0.5, 0.6) is 0 Å². The molecule has 3 atom stereocenters. The molecule has 0 saturated heterocycles. The zero-order chi connectivity index (χ0) is 38.2. The number of phosphoric ester groups is 1. The molecule has 13 heteroatoms. The minimum absolute atomic E-state index is 0.00926. The van der Waals surface area contributed by atoms with Crippen molar-refractivity contribution in [1.29, 1.82) is 0 Å². The van der Waals surface area contributed by atoms with Gasteiger partial charge in [-0.05, 0) is 51.0 Å². The number of phosphoric acid groups is 1. The Morgan fingerprint density at radius 3 is 1.82 bits per heavy atom. The second-order valence-corrected chi connectivity index (χ2v) is 15.8. The van der Waals surface area contributed by atoms with Gasteiger partial charge in [-0.2, -0.15) is 0 Å². The summed E-state index contributed by atoms with van der Waals surface area (Å²) >= 11 is 0. The van der Waals surface area contributed by atoms with Crippen molar-refractivity contribution in [2.45, 2.75) is 154 Å². The number of carboxylic acid groups (broad SMARTS) is 1. The number of ether oxygens (including phenoxy) is 2. The molecule has 0 rings (SSSR count). The molecule has 0 bridgehead atoms. The summed E-state index contributed by atoms with van der Waals surface area (Å²) in [5.41, 5.74) is 0. The van der Waals surface area contributed by atoms with Crippen molar-refractivity contribution in [2.75, 3.05) is 47.5 Å². The van der Waals surface area contributed by atoms with E-state index in [4.69, 9.17) is 23.6 Å². The molecule has 0 saturated carbocycles. The van der Waals surface area contributed by atoms with Gasteiger partial charge in [0, 0.05) is 18.9 Å². The number of allylic oxidation sites excluding steroid dienone is 2. The number of aliphatic hydroxyl groups is 1. The largest absolute Gasteiger partial charge is 0.478 e. The molecule has 0 aromatic heterocycles. The van der Waals surface area contributed by atoms with Crippen LogP contribution < -0.4 is 0 Å². The summed E-state index contributed by atoms with van der Waals surface area (Å²) < 4.78 is 33.9. The highest BCUT2D eigenvalue weighted by Crippen LogP contribution is 2.43. The highest BCUT2D eigenvalue weighted by Gasteiger charge is 2.27. The van der Waals surface area contributed by atoms with Crippen LogP contribution in [-0.2, 0) is 37.5 Å². The third-order valence-corrected chi connectivity index (χ3v) is 9.14. The summed E-state index contributed by atoms with van der Waals surface area (Å²) in [6.07, 6.45) is 24.4. The molecule has 0 fully saturated rings. The smallest absolute Gasteiger partial charge is 0.472 e. The van der Waals surface area contributed by atoms with Crippen LogP contribution in [0.15, 0.2) is 24.3 Å². The van der Waals surface area contributed by atoms with E-state index in [1.165, 1.54) is 44.6 Å². The number of quaternary nitrogens is 1. The van der Waals surface area contributed by atoms with Gasteiger partial charge >= 0.3 is 25.7 Å². The number of carboxylic acids is 1. The van der Waals surface area contributed by atoms with Crippen molar-refractivity contribution >= 4 is 25.7 Å². The first-order valence-electron chi connectivity index (χ1n) is 19.3. The van der Waals surface area contributed by atoms with E-state index in [0.717, 1.165) is 70.3 Å². The van der Waals surface area contributed by atoms with Crippen LogP contribution in [0.2, 0.25) is 0 Å². The average Bonchev–Trinajstić information content (AvgIpc) is 3.05. The highest BCUT2D eigenvalue weighted by molar-refractivity contribution is 7.47. The molecule has 51 heavy (non-hydrogen) atoms. The fourth-order valence-corrected chi connectivity index (χ4v) is 5.79. The molecule has 0 aliphatic rings. The van der Waals surface area contributed by atoms with E-state index in [0.29, 0.717) is 30.3 Å². The number of hydrogen-bond acceptors (Lipinski definition) is 9. The van der Waals surface area contributed by atoms with Crippen molar-refractivity contribution in [1.82, 2.24) is 0 Å². The maximum Gasteiger partial charge on any atom is 0.472 e. The number of rotatable bonds is 35. The van der Waals surface area contributed by atoms with E-state index in [2.05, 4.69) is 19.1 Å². The zero-order valence-electron chi connectivity index (χ0n) is 32.1. The summed E-state index contributed by atoms with van der Waals surface area (Å²) in [4.78, 5) is 45.6. The highest BCUT2D eigenvalue weighted by atomic mass is 31.2. The molecule has 2 unspecified atom stereocenters. The molecule has 0 spiro atoms. The van der Waals surface area contributed by atoms with E-state index in [9.17, 15) is 28.9 Å². The standard InChI is InChI=1S/C38H70NO11P/c1-5-6-7-8-9-10-11-12-13-14-15-16-17-20-23-26-37(43)47-32-35(33-49-51(45,46)48-31-30-39(2,3)4)50-38(44)27-24-21-18-19-22-25-34(40)28-29-36(41)42/h12-13,28-29,34-35,40H,5-11,14-27,30-33H2,1-4H3,(H-,41,42,45,46)/p+1/b13-12-,29-28+/t34?,35-/m1/s1. The number of nitrogens with zero attached hydrogens (tertiary/aromatic N) is 1. The number of carbonyl (C=O) groups excluding carboxylic acids is 2. The predicted octanol–water partition coefficient (Wildman–Crippen LogP) is 8.05. The van der Waals surface area contributed by atoms with E-state index < -0.39 is 44.5 Å². The first-order chi connectivity index (χ1) is 24.2. The summed E-state index contributed by atoms with van der Waals surface area (Å²) in [6, 6.07) is 0. The predicted molar refractivity (Wildman–Crippen MR) is 200 cm³/mol. The van der Waals surface area contributed by atoms with E-state index in [1.807, 2.05) is 21.1 Å². The monoisotopic (exact) mass is 748 g/mol. The topological polar surface area (TPSA) is 166 Å². The summed E-state index contributed by atoms with van der Waals surface area (Å²) in [7, 11) is 1.33. The van der Waals surface area contributed by atoms with Gasteiger partial charge < -0.3 is 29.1 Å². The van der Waals surface area contributed by atoms with Crippen molar-refractivity contribution in [3.8, 4) is 0 Å². The minimum atomic E-state index is -4.42. The molecule has 298 valence electrons. The van der Waals surface area contributed by atoms with Gasteiger partial charge in [-0.3, -0.25) is 18.6 Å². The first-order valence-corrected chi connectivity index (χ1v) is 20.7. The molecule has 0 heterocycles. The summed E-state index contributed by atoms with van der Waals surface area (Å²) in [5.74, 6) is -2.07. The number of unbranched alkanes of at least 4 members (excludes halogenated alkanes) is 15. The molecule has 0 aliphatic carbocycles. The molecule has 12 nitrogen and oxygen atoms in total. The SMILES string of the molecule is CCCCCCCC/C=C\CCCCCCCC(=O)OC[C@H](COP(=O)(O)OCC[N+](C)(C)C)OC(=O)CCCCCCCC(O)/C=C/C(=O)O. The number of likely N-dealkylation sites (N-methyl/N-ethyl adjacent to an activating group) is 1. The Kier molecular flexibility index (Phi) is 30.2. The number of aliphatic carboxylic acids is 1. The van der Waals surface area contributed by atoms with Gasteiger partial charge in [0.1, 0.15) is 19.8 Å². The quantitative estimate of drug-likeness (QED) is 0.0143. The maximum absolute atomic E-state index is 12.6. The zero-order valence-corrected chi connectivity index (χ0v) is 33.0. The molecule has 0 amide bonds. The van der Waals surface area contributed by atoms with Crippen LogP contribution in [0.3, 0.4) is 0 Å². The molecule has 0 aromatic carbocycles. The Morgan fingerprint density at radius 2 is 1.25 bits per heavy atom. The van der Waals surface area contributed by atoms with Crippen LogP contribution in [-0.4, -0.2) is 97.2 Å². The fourth-order valence-electron chi connectivity index (χ4n) is 5.05. The Balaban J connectivity index is 4.47. The van der Waals surface area contributed by atoms with Gasteiger partial charge in [-0.15, -0.1) is 0 Å². The lowest BCUT2D eigenvalue weighted by Crippen LogP contribution is -2.37. The van der Waals surface area contributed by atoms with Crippen molar-refractivity contribution in [3.05, 3.63) is 24.3 Å². The maximum atomic E-state index is 12.6. The second-order valence-electron chi connectivity index (χ2n) is 14.3. The van der Waals surface area contributed by atoms with Crippen LogP contribution in [0, 0.1) is 0 Å². The van der Waals surface area contributed by atoms with Gasteiger partial charge in [0.2, 0.25) is 0 Å². The normalized spacial score (nSPS) is 14.5. The summed E-state index contributed by atoms with van der Waals surface area (Å²) in [6.45, 7) is 1.94. The molecular formula is C38H71NO11P+. The van der Waals surface area contributed by atoms with Crippen molar-refractivity contribution in [3.63, 3.8) is 0 Å².